The van der Waals surface area contributed by atoms with E-state index in [9.17, 15) is 0 Å². The van der Waals surface area contributed by atoms with E-state index in [1.54, 1.807) is 0 Å². The summed E-state index contributed by atoms with van der Waals surface area (Å²) in [5.74, 6) is 0. The third-order valence-corrected chi connectivity index (χ3v) is 12.0. The molecule has 0 nitrogen and oxygen atoms in total. The van der Waals surface area contributed by atoms with Gasteiger partial charge in [0, 0.05) is 0 Å². The lowest BCUT2D eigenvalue weighted by atomic mass is 9.81. The van der Waals surface area contributed by atoms with Crippen LogP contribution in [0.5, 0.6) is 0 Å². The summed E-state index contributed by atoms with van der Waals surface area (Å²) in [5, 5.41) is 18.2. The van der Waals surface area contributed by atoms with Gasteiger partial charge in [0.1, 0.15) is 0 Å². The molecule has 0 saturated carbocycles. The summed E-state index contributed by atoms with van der Waals surface area (Å²) >= 11 is 0. The molecule has 248 valence electrons. The summed E-state index contributed by atoms with van der Waals surface area (Å²) in [5.41, 5.74) is 9.96. The minimum Gasteiger partial charge on any atom is -0.0622 e. The molecule has 0 spiro atoms. The molecule has 12 rings (SSSR count). The monoisotopic (exact) mass is 680 g/mol. The summed E-state index contributed by atoms with van der Waals surface area (Å²) in [7, 11) is 0. The van der Waals surface area contributed by atoms with Gasteiger partial charge in [0.25, 0.3) is 0 Å². The molecule has 0 aromatic heterocycles. The van der Waals surface area contributed by atoms with Gasteiger partial charge in [-0.15, -0.1) is 0 Å². The molecule has 0 heterocycles. The highest BCUT2D eigenvalue weighted by Gasteiger charge is 2.22. The van der Waals surface area contributed by atoms with Crippen LogP contribution in [-0.4, -0.2) is 0 Å². The molecule has 0 amide bonds. The first-order valence-electron chi connectivity index (χ1n) is 18.8. The molecule has 0 aliphatic carbocycles. The minimum absolute atomic E-state index is 1.22. The van der Waals surface area contributed by atoms with Crippen molar-refractivity contribution in [2.75, 3.05) is 0 Å². The molecule has 0 saturated heterocycles. The van der Waals surface area contributed by atoms with E-state index in [4.69, 9.17) is 0 Å². The van der Waals surface area contributed by atoms with Crippen molar-refractivity contribution >= 4 is 75.4 Å². The predicted octanol–water partition coefficient (Wildman–Crippen LogP) is 15.3. The SMILES string of the molecule is c1ccc(-c2c(-c3ccccc3-c3ccc4ccc5cccc6ccc3c4c56)cc(-c3ccc4ccc5cccc6ccc3c4c56)c3ccccc23)cc1. The van der Waals surface area contributed by atoms with Gasteiger partial charge in [-0.1, -0.05) is 188 Å². The Morgan fingerprint density at radius 2 is 0.630 bits per heavy atom. The Kier molecular flexibility index (Phi) is 6.15. The van der Waals surface area contributed by atoms with Gasteiger partial charge in [0.2, 0.25) is 0 Å². The maximum Gasteiger partial charge on any atom is -0.00206 e. The van der Waals surface area contributed by atoms with E-state index in [0.29, 0.717) is 0 Å². The molecule has 12 aromatic rings. The van der Waals surface area contributed by atoms with Gasteiger partial charge < -0.3 is 0 Å². The molecule has 12 aromatic carbocycles. The van der Waals surface area contributed by atoms with Crippen molar-refractivity contribution in [3.63, 3.8) is 0 Å². The van der Waals surface area contributed by atoms with Crippen molar-refractivity contribution in [2.45, 2.75) is 0 Å². The average Bonchev–Trinajstić information content (AvgIpc) is 3.24. The van der Waals surface area contributed by atoms with E-state index in [0.717, 1.165) is 0 Å². The van der Waals surface area contributed by atoms with Gasteiger partial charge in [0.05, 0.1) is 0 Å². The molecule has 54 heavy (non-hydrogen) atoms. The van der Waals surface area contributed by atoms with Crippen LogP contribution in [0.2, 0.25) is 0 Å². The molecular weight excluding hydrogens is 649 g/mol. The van der Waals surface area contributed by atoms with E-state index in [2.05, 4.69) is 194 Å². The quantitative estimate of drug-likeness (QED) is 0.162. The van der Waals surface area contributed by atoms with Crippen molar-refractivity contribution in [2.24, 2.45) is 0 Å². The van der Waals surface area contributed by atoms with Crippen LogP contribution in [0.15, 0.2) is 194 Å². The second kappa shape index (κ2) is 11.2. The molecule has 0 atom stereocenters. The molecule has 0 bridgehead atoms. The number of hydrogen-bond acceptors (Lipinski definition) is 0. The Morgan fingerprint density at radius 3 is 1.20 bits per heavy atom. The topological polar surface area (TPSA) is 0 Å². The van der Waals surface area contributed by atoms with Crippen molar-refractivity contribution in [1.29, 1.82) is 0 Å². The Hall–Kier alpha value is -7.02. The molecule has 0 aliphatic heterocycles. The maximum atomic E-state index is 2.49. The van der Waals surface area contributed by atoms with Gasteiger partial charge in [-0.3, -0.25) is 0 Å². The fourth-order valence-corrected chi connectivity index (χ4v) is 9.62. The van der Waals surface area contributed by atoms with E-state index in [1.165, 1.54) is 120 Å². The Balaban J connectivity index is 1.20. The second-order valence-corrected chi connectivity index (χ2v) is 14.7. The lowest BCUT2D eigenvalue weighted by Gasteiger charge is -2.22. The van der Waals surface area contributed by atoms with E-state index >= 15 is 0 Å². The fourth-order valence-electron chi connectivity index (χ4n) is 9.62. The van der Waals surface area contributed by atoms with E-state index < -0.39 is 0 Å². The molecule has 0 heteroatoms. The number of hydrogen-bond donors (Lipinski definition) is 0. The zero-order chi connectivity index (χ0) is 35.3. The lowest BCUT2D eigenvalue weighted by molar-refractivity contribution is 1.59. The highest BCUT2D eigenvalue weighted by Crippen LogP contribution is 2.49. The molecule has 0 radical (unpaired) electrons. The number of fused-ring (bicyclic) bond motifs is 1. The predicted molar refractivity (Wildman–Crippen MR) is 233 cm³/mol. The number of benzene rings is 12. The highest BCUT2D eigenvalue weighted by atomic mass is 14.2. The summed E-state index contributed by atoms with van der Waals surface area (Å²) in [6.07, 6.45) is 0. The fraction of sp³-hybridized carbons (Fsp3) is 0. The normalized spacial score (nSPS) is 12.1. The molecule has 0 N–H and O–H groups in total. The first-order valence-corrected chi connectivity index (χ1v) is 18.8. The van der Waals surface area contributed by atoms with Gasteiger partial charge in [-0.05, 0) is 126 Å². The van der Waals surface area contributed by atoms with Crippen LogP contribution < -0.4 is 0 Å². The lowest BCUT2D eigenvalue weighted by Crippen LogP contribution is -1.95. The van der Waals surface area contributed by atoms with Gasteiger partial charge in [-0.25, -0.2) is 0 Å². The van der Waals surface area contributed by atoms with Crippen LogP contribution >= 0.6 is 0 Å². The standard InChI is InChI=1S/C54H32/c1-2-10-33(11-3-1)52-45-19-7-6-18-42(45)48(44-29-25-39-23-21-35-13-9-15-37-27-31-47(44)54(39)51(35)37)32-49(52)41-17-5-4-16-40(41)43-28-24-38-22-20-34-12-8-14-36-26-30-46(43)53(38)50(34)36/h1-32H. The Morgan fingerprint density at radius 1 is 0.204 bits per heavy atom. The van der Waals surface area contributed by atoms with E-state index in [1.807, 2.05) is 0 Å². The van der Waals surface area contributed by atoms with Crippen molar-refractivity contribution in [3.05, 3.63) is 194 Å². The maximum absolute atomic E-state index is 2.49. The van der Waals surface area contributed by atoms with Crippen LogP contribution in [0.1, 0.15) is 0 Å². The first kappa shape index (κ1) is 29.5. The van der Waals surface area contributed by atoms with Gasteiger partial charge in [-0.2, -0.15) is 0 Å². The van der Waals surface area contributed by atoms with E-state index in [-0.39, 0.29) is 0 Å². The van der Waals surface area contributed by atoms with Crippen molar-refractivity contribution in [3.8, 4) is 44.5 Å². The second-order valence-electron chi connectivity index (χ2n) is 14.7. The minimum atomic E-state index is 1.22. The van der Waals surface area contributed by atoms with Crippen LogP contribution in [0.4, 0.5) is 0 Å². The molecule has 0 unspecified atom stereocenters. The summed E-state index contributed by atoms with van der Waals surface area (Å²) < 4.78 is 0. The Labute approximate surface area is 312 Å². The van der Waals surface area contributed by atoms with Crippen molar-refractivity contribution < 1.29 is 0 Å². The Bertz CT molecular complexity index is 3390. The average molecular weight is 681 g/mol. The zero-order valence-electron chi connectivity index (χ0n) is 29.5. The third kappa shape index (κ3) is 4.14. The summed E-state index contributed by atoms with van der Waals surface area (Å²) in [4.78, 5) is 0. The highest BCUT2D eigenvalue weighted by molar-refractivity contribution is 6.28. The largest absolute Gasteiger partial charge is 0.0622 e. The molecule has 0 fully saturated rings. The zero-order valence-corrected chi connectivity index (χ0v) is 29.5. The first-order chi connectivity index (χ1) is 26.8. The third-order valence-electron chi connectivity index (χ3n) is 12.0. The van der Waals surface area contributed by atoms with Crippen LogP contribution in [-0.2, 0) is 0 Å². The number of rotatable bonds is 4. The van der Waals surface area contributed by atoms with Gasteiger partial charge in [0.15, 0.2) is 0 Å². The molecular formula is C54H32. The summed E-state index contributed by atoms with van der Waals surface area (Å²) in [6.45, 7) is 0. The van der Waals surface area contributed by atoms with Crippen LogP contribution in [0, 0.1) is 0 Å². The summed E-state index contributed by atoms with van der Waals surface area (Å²) in [6, 6.07) is 72.5. The molecule has 0 aliphatic rings. The van der Waals surface area contributed by atoms with Crippen molar-refractivity contribution in [1.82, 2.24) is 0 Å². The van der Waals surface area contributed by atoms with Gasteiger partial charge >= 0.3 is 0 Å². The van der Waals surface area contributed by atoms with Crippen LogP contribution in [0.3, 0.4) is 0 Å². The smallest absolute Gasteiger partial charge is 0.00206 e. The van der Waals surface area contributed by atoms with Crippen LogP contribution in [0.25, 0.3) is 120 Å².